The van der Waals surface area contributed by atoms with Gasteiger partial charge in [-0.25, -0.2) is 0 Å². The maximum absolute atomic E-state index is 13.8. The van der Waals surface area contributed by atoms with Crippen molar-refractivity contribution in [1.82, 2.24) is 30.4 Å². The number of hydrogen-bond donors (Lipinski definition) is 1. The van der Waals surface area contributed by atoms with E-state index in [9.17, 15) is 9.59 Å². The molecule has 0 spiro atoms. The van der Waals surface area contributed by atoms with E-state index in [-0.39, 0.29) is 24.4 Å². The second-order valence-corrected chi connectivity index (χ2v) is 10.1. The highest BCUT2D eigenvalue weighted by atomic mass is 16.5. The number of nitrogens with zero attached hydrogens (tertiary/aromatic N) is 5. The van der Waals surface area contributed by atoms with Crippen LogP contribution in [0, 0.1) is 0 Å². The fraction of sp³-hybridized carbons (Fsp3) is 0.500. The highest BCUT2D eigenvalue weighted by Crippen LogP contribution is 2.33. The van der Waals surface area contributed by atoms with Crippen LogP contribution in [-0.4, -0.2) is 62.7 Å². The van der Waals surface area contributed by atoms with Crippen LogP contribution in [0.25, 0.3) is 11.4 Å². The second-order valence-electron chi connectivity index (χ2n) is 10.1. The van der Waals surface area contributed by atoms with Gasteiger partial charge in [0.25, 0.3) is 5.91 Å². The Morgan fingerprint density at radius 1 is 1.16 bits per heavy atom. The molecule has 2 amide bonds. The van der Waals surface area contributed by atoms with Crippen LogP contribution in [0.15, 0.2) is 41.0 Å². The SMILES string of the molecule is COc1ccc(-c2nnn(CC(=O)N(C3CCCC3)[C@@H](C(=O)NC(C)(C)C)c3ccco3)n2)cc1OC. The van der Waals surface area contributed by atoms with Crippen LogP contribution < -0.4 is 14.8 Å². The van der Waals surface area contributed by atoms with E-state index in [4.69, 9.17) is 13.9 Å². The Kier molecular flexibility index (Phi) is 7.80. The smallest absolute Gasteiger partial charge is 0.251 e. The molecule has 1 aliphatic rings. The number of carbonyl (C=O) groups excluding carboxylic acids is 2. The number of benzene rings is 1. The van der Waals surface area contributed by atoms with E-state index in [2.05, 4.69) is 20.7 Å². The third-order valence-corrected chi connectivity index (χ3v) is 6.21. The number of hydrogen-bond acceptors (Lipinski definition) is 8. The predicted octanol–water partition coefficient (Wildman–Crippen LogP) is 3.38. The molecule has 2 aromatic heterocycles. The molecule has 0 aliphatic heterocycles. The van der Waals surface area contributed by atoms with Crippen molar-refractivity contribution in [2.24, 2.45) is 0 Å². The van der Waals surface area contributed by atoms with E-state index >= 15 is 0 Å². The van der Waals surface area contributed by atoms with Crippen molar-refractivity contribution in [1.29, 1.82) is 0 Å². The number of methoxy groups -OCH3 is 2. The van der Waals surface area contributed by atoms with Gasteiger partial charge < -0.3 is 24.1 Å². The largest absolute Gasteiger partial charge is 0.493 e. The van der Waals surface area contributed by atoms with Gasteiger partial charge in [-0.2, -0.15) is 4.80 Å². The molecule has 1 atom stereocenters. The third-order valence-electron chi connectivity index (χ3n) is 6.21. The van der Waals surface area contributed by atoms with E-state index in [0.29, 0.717) is 28.6 Å². The monoisotopic (exact) mass is 510 g/mol. The first kappa shape index (κ1) is 26.2. The molecule has 1 saturated carbocycles. The van der Waals surface area contributed by atoms with Gasteiger partial charge in [0.05, 0.1) is 20.5 Å². The van der Waals surface area contributed by atoms with Gasteiger partial charge in [0, 0.05) is 17.1 Å². The molecule has 0 saturated heterocycles. The summed E-state index contributed by atoms with van der Waals surface area (Å²) < 4.78 is 16.3. The first-order chi connectivity index (χ1) is 17.7. The molecule has 11 nitrogen and oxygen atoms in total. The second kappa shape index (κ2) is 11.0. The molecule has 1 fully saturated rings. The summed E-state index contributed by atoms with van der Waals surface area (Å²) in [6.07, 6.45) is 5.12. The topological polar surface area (TPSA) is 125 Å². The molecular formula is C26H34N6O5. The minimum atomic E-state index is -0.904. The standard InChI is InChI=1S/C26H34N6O5/c1-26(2,3)27-25(34)23(20-11-8-14-37-20)32(18-9-6-7-10-18)22(33)16-31-29-24(28-30-31)17-12-13-19(35-4)21(15-17)36-5/h8,11-15,18,23H,6-7,9-10,16H2,1-5H3,(H,27,34)/t23-/m1/s1. The first-order valence-corrected chi connectivity index (χ1v) is 12.4. The molecule has 37 heavy (non-hydrogen) atoms. The van der Waals surface area contributed by atoms with E-state index in [1.54, 1.807) is 49.5 Å². The summed E-state index contributed by atoms with van der Waals surface area (Å²) in [6, 6.07) is 7.74. The van der Waals surface area contributed by atoms with Gasteiger partial charge in [-0.15, -0.1) is 10.2 Å². The number of nitrogens with one attached hydrogen (secondary N) is 1. The van der Waals surface area contributed by atoms with Crippen LogP contribution >= 0.6 is 0 Å². The maximum Gasteiger partial charge on any atom is 0.251 e. The zero-order valence-electron chi connectivity index (χ0n) is 21.9. The molecule has 1 aliphatic carbocycles. The zero-order chi connectivity index (χ0) is 26.6. The summed E-state index contributed by atoms with van der Waals surface area (Å²) in [5.41, 5.74) is 0.190. The number of rotatable bonds is 9. The van der Waals surface area contributed by atoms with Crippen LogP contribution in [0.4, 0.5) is 0 Å². The molecular weight excluding hydrogens is 476 g/mol. The molecule has 1 aromatic carbocycles. The Bertz CT molecular complexity index is 1210. The van der Waals surface area contributed by atoms with Gasteiger partial charge in [0.15, 0.2) is 17.5 Å². The molecule has 1 N–H and O–H groups in total. The van der Waals surface area contributed by atoms with E-state index in [1.807, 2.05) is 20.8 Å². The van der Waals surface area contributed by atoms with Crippen LogP contribution in [0.5, 0.6) is 11.5 Å². The van der Waals surface area contributed by atoms with E-state index in [0.717, 1.165) is 25.7 Å². The van der Waals surface area contributed by atoms with Crippen LogP contribution in [0.3, 0.4) is 0 Å². The predicted molar refractivity (Wildman–Crippen MR) is 135 cm³/mol. The third kappa shape index (κ3) is 6.10. The average Bonchev–Trinajstić information content (AvgIpc) is 3.64. The summed E-state index contributed by atoms with van der Waals surface area (Å²) in [7, 11) is 3.11. The van der Waals surface area contributed by atoms with Crippen molar-refractivity contribution < 1.29 is 23.5 Å². The molecule has 0 radical (unpaired) electrons. The van der Waals surface area contributed by atoms with Crippen molar-refractivity contribution >= 4 is 11.8 Å². The highest BCUT2D eigenvalue weighted by molar-refractivity contribution is 5.88. The number of tetrazole rings is 1. The fourth-order valence-electron chi connectivity index (χ4n) is 4.62. The van der Waals surface area contributed by atoms with Gasteiger partial charge in [-0.3, -0.25) is 9.59 Å². The fourth-order valence-corrected chi connectivity index (χ4v) is 4.62. The molecule has 2 heterocycles. The minimum Gasteiger partial charge on any atom is -0.493 e. The lowest BCUT2D eigenvalue weighted by molar-refractivity contribution is -0.145. The summed E-state index contributed by atoms with van der Waals surface area (Å²) >= 11 is 0. The lowest BCUT2D eigenvalue weighted by Gasteiger charge is -2.36. The minimum absolute atomic E-state index is 0.0952. The zero-order valence-corrected chi connectivity index (χ0v) is 21.9. The van der Waals surface area contributed by atoms with E-state index < -0.39 is 11.6 Å². The summed E-state index contributed by atoms with van der Waals surface area (Å²) in [5.74, 6) is 1.30. The Morgan fingerprint density at radius 2 is 1.89 bits per heavy atom. The van der Waals surface area contributed by atoms with Crippen molar-refractivity contribution in [3.8, 4) is 22.9 Å². The van der Waals surface area contributed by atoms with E-state index in [1.165, 1.54) is 11.1 Å². The van der Waals surface area contributed by atoms with Crippen molar-refractivity contribution in [3.63, 3.8) is 0 Å². The molecule has 0 unspecified atom stereocenters. The lowest BCUT2D eigenvalue weighted by atomic mass is 10.0. The van der Waals surface area contributed by atoms with Gasteiger partial charge in [-0.1, -0.05) is 12.8 Å². The molecule has 198 valence electrons. The van der Waals surface area contributed by atoms with Gasteiger partial charge >= 0.3 is 0 Å². The Hall–Kier alpha value is -3.89. The number of ether oxygens (including phenoxy) is 2. The first-order valence-electron chi connectivity index (χ1n) is 12.4. The highest BCUT2D eigenvalue weighted by Gasteiger charge is 2.40. The van der Waals surface area contributed by atoms with Crippen LogP contribution in [-0.2, 0) is 16.1 Å². The molecule has 4 rings (SSSR count). The normalized spacial score (nSPS) is 14.8. The average molecular weight is 511 g/mol. The summed E-state index contributed by atoms with van der Waals surface area (Å²) in [6.45, 7) is 5.54. The molecule has 3 aromatic rings. The Labute approximate surface area is 216 Å². The van der Waals surface area contributed by atoms with Gasteiger partial charge in [0.2, 0.25) is 11.7 Å². The van der Waals surface area contributed by atoms with Crippen molar-refractivity contribution in [3.05, 3.63) is 42.4 Å². The van der Waals surface area contributed by atoms with Crippen LogP contribution in [0.2, 0.25) is 0 Å². The van der Waals surface area contributed by atoms with Crippen LogP contribution in [0.1, 0.15) is 58.3 Å². The summed E-state index contributed by atoms with van der Waals surface area (Å²) in [4.78, 5) is 30.1. The maximum atomic E-state index is 13.8. The van der Waals surface area contributed by atoms with Crippen molar-refractivity contribution in [2.45, 2.75) is 70.6 Å². The van der Waals surface area contributed by atoms with Gasteiger partial charge in [-0.05, 0) is 69.2 Å². The number of carbonyl (C=O) groups is 2. The number of amides is 2. The quantitative estimate of drug-likeness (QED) is 0.465. The van der Waals surface area contributed by atoms with Gasteiger partial charge in [0.1, 0.15) is 12.3 Å². The lowest BCUT2D eigenvalue weighted by Crippen LogP contribution is -2.52. The molecule has 11 heteroatoms. The number of aromatic nitrogens is 4. The summed E-state index contributed by atoms with van der Waals surface area (Å²) in [5, 5.41) is 15.6. The van der Waals surface area contributed by atoms with Crippen molar-refractivity contribution in [2.75, 3.05) is 14.2 Å². The Balaban J connectivity index is 1.61. The Morgan fingerprint density at radius 3 is 2.51 bits per heavy atom. The molecule has 0 bridgehead atoms. The number of furan rings is 1.